The molecule has 5 N–H and O–H groups in total. The molecule has 0 bridgehead atoms. The summed E-state index contributed by atoms with van der Waals surface area (Å²) in [4.78, 5) is 16.8. The number of carbonyl (C=O) groups excluding carboxylic acids is 1. The smallest absolute Gasteiger partial charge is 0.412 e. The quantitative estimate of drug-likeness (QED) is 0.409. The summed E-state index contributed by atoms with van der Waals surface area (Å²) in [6.45, 7) is 1.96. The number of likely N-dealkylation sites (N-methyl/N-ethyl adjacent to an activating group) is 1. The Balaban J connectivity index is 1.66. The number of nitrogens with two attached hydrogens (primary N) is 2. The van der Waals surface area contributed by atoms with Gasteiger partial charge in [-0.05, 0) is 69.0 Å². The first-order chi connectivity index (χ1) is 15.9. The molecule has 1 aromatic heterocycles. The zero-order chi connectivity index (χ0) is 23.8. The van der Waals surface area contributed by atoms with Crippen LogP contribution in [0.5, 0.6) is 17.2 Å². The first kappa shape index (κ1) is 24.2. The van der Waals surface area contributed by atoms with Crippen molar-refractivity contribution in [1.29, 1.82) is 0 Å². The van der Waals surface area contributed by atoms with E-state index in [1.165, 1.54) is 24.3 Å². The lowest BCUT2D eigenvalue weighted by Gasteiger charge is -2.24. The number of aryl methyl sites for hydroxylation is 1. The van der Waals surface area contributed by atoms with Crippen LogP contribution < -0.4 is 31.1 Å². The van der Waals surface area contributed by atoms with E-state index in [2.05, 4.69) is 10.3 Å². The van der Waals surface area contributed by atoms with Crippen LogP contribution >= 0.6 is 0 Å². The molecular weight excluding hydrogens is 422 g/mol. The van der Waals surface area contributed by atoms with Gasteiger partial charge in [-0.25, -0.2) is 15.6 Å². The van der Waals surface area contributed by atoms with Gasteiger partial charge in [0.05, 0.1) is 42.5 Å². The predicted octanol–water partition coefficient (Wildman–Crippen LogP) is 3.33. The Morgan fingerprint density at radius 2 is 1.79 bits per heavy atom. The molecule has 9 nitrogen and oxygen atoms in total. The second-order valence-corrected chi connectivity index (χ2v) is 8.05. The van der Waals surface area contributed by atoms with E-state index in [1.54, 1.807) is 44.5 Å². The highest BCUT2D eigenvalue weighted by atomic mass is 16.6. The number of ether oxygens (including phenoxy) is 3. The first-order valence-corrected chi connectivity index (χ1v) is 11.1. The number of hydrogen-bond acceptors (Lipinski definition) is 8. The number of methoxy groups -OCH3 is 1. The third kappa shape index (κ3) is 6.76. The van der Waals surface area contributed by atoms with Gasteiger partial charge in [-0.2, -0.15) is 0 Å². The monoisotopic (exact) mass is 455 g/mol. The molecule has 178 valence electrons. The van der Waals surface area contributed by atoms with Crippen LogP contribution in [-0.4, -0.2) is 42.9 Å². The molecule has 1 saturated carbocycles. The van der Waals surface area contributed by atoms with Crippen molar-refractivity contribution in [1.82, 2.24) is 15.3 Å². The summed E-state index contributed by atoms with van der Waals surface area (Å²) < 4.78 is 16.5. The summed E-state index contributed by atoms with van der Waals surface area (Å²) >= 11 is 0. The largest absolute Gasteiger partial charge is 0.497 e. The lowest BCUT2D eigenvalue weighted by molar-refractivity contribution is 0.153. The van der Waals surface area contributed by atoms with E-state index in [0.717, 1.165) is 24.3 Å². The van der Waals surface area contributed by atoms with Crippen LogP contribution in [0.4, 0.5) is 4.79 Å². The number of hydrazine groups is 1. The van der Waals surface area contributed by atoms with Crippen LogP contribution in [0.15, 0.2) is 42.1 Å². The summed E-state index contributed by atoms with van der Waals surface area (Å²) in [5, 5.41) is 4.02. The molecule has 0 spiro atoms. The van der Waals surface area contributed by atoms with Crippen molar-refractivity contribution in [2.45, 2.75) is 45.1 Å². The maximum absolute atomic E-state index is 12.2. The molecule has 3 rings (SSSR count). The third-order valence-corrected chi connectivity index (χ3v) is 5.57. The highest BCUT2D eigenvalue weighted by molar-refractivity contribution is 5.72. The number of rotatable bonds is 8. The number of pyridine rings is 1. The van der Waals surface area contributed by atoms with Gasteiger partial charge in [-0.15, -0.1) is 0 Å². The van der Waals surface area contributed by atoms with E-state index in [-0.39, 0.29) is 12.6 Å². The second-order valence-electron chi connectivity index (χ2n) is 8.05. The van der Waals surface area contributed by atoms with Crippen molar-refractivity contribution in [2.75, 3.05) is 20.7 Å². The Labute approximate surface area is 194 Å². The number of nitrogens with zero attached hydrogens (tertiary/aromatic N) is 2. The van der Waals surface area contributed by atoms with Crippen LogP contribution in [0.2, 0.25) is 0 Å². The molecule has 0 atom stereocenters. The van der Waals surface area contributed by atoms with Crippen molar-refractivity contribution >= 4 is 11.8 Å². The molecule has 0 saturated heterocycles. The molecule has 0 radical (unpaired) electrons. The normalized spacial score (nSPS) is 14.8. The Kier molecular flexibility index (Phi) is 8.37. The predicted molar refractivity (Wildman–Crippen MR) is 127 cm³/mol. The van der Waals surface area contributed by atoms with Gasteiger partial charge >= 0.3 is 6.09 Å². The number of benzene rings is 1. The van der Waals surface area contributed by atoms with Gasteiger partial charge in [0, 0.05) is 7.05 Å². The van der Waals surface area contributed by atoms with Crippen LogP contribution in [-0.2, 0) is 0 Å². The lowest BCUT2D eigenvalue weighted by Crippen LogP contribution is -2.37. The van der Waals surface area contributed by atoms with Crippen LogP contribution in [0, 0.1) is 6.92 Å². The number of carbonyl (C=O) groups is 1. The fourth-order valence-electron chi connectivity index (χ4n) is 3.69. The molecule has 9 heteroatoms. The van der Waals surface area contributed by atoms with Gasteiger partial charge in [0.1, 0.15) is 17.2 Å². The minimum absolute atomic E-state index is 0.0644. The maximum Gasteiger partial charge on any atom is 0.412 e. The van der Waals surface area contributed by atoms with Crippen LogP contribution in [0.1, 0.15) is 43.5 Å². The molecule has 2 aromatic rings. The molecule has 1 amide bonds. The molecule has 1 fully saturated rings. The number of aromatic nitrogens is 1. The van der Waals surface area contributed by atoms with Crippen molar-refractivity contribution in [3.05, 3.63) is 53.5 Å². The summed E-state index contributed by atoms with van der Waals surface area (Å²) in [5.74, 6) is 7.80. The Hall–Kier alpha value is -3.46. The van der Waals surface area contributed by atoms with Crippen molar-refractivity contribution in [2.24, 2.45) is 11.6 Å². The van der Waals surface area contributed by atoms with Crippen molar-refractivity contribution in [3.63, 3.8) is 0 Å². The van der Waals surface area contributed by atoms with E-state index in [4.69, 9.17) is 25.8 Å². The lowest BCUT2D eigenvalue weighted by atomic mass is 9.98. The van der Waals surface area contributed by atoms with Gasteiger partial charge in [0.2, 0.25) is 0 Å². The zero-order valence-corrected chi connectivity index (χ0v) is 19.5. The fourth-order valence-corrected chi connectivity index (χ4v) is 3.69. The molecule has 33 heavy (non-hydrogen) atoms. The summed E-state index contributed by atoms with van der Waals surface area (Å²) in [7, 11) is 3.21. The first-order valence-electron chi connectivity index (χ1n) is 11.1. The fraction of sp³-hybridized carbons (Fsp3) is 0.417. The molecule has 0 unspecified atom stereocenters. The maximum atomic E-state index is 12.2. The minimum Gasteiger partial charge on any atom is -0.497 e. The Bertz CT molecular complexity index is 969. The number of nitrogens with one attached hydrogen (secondary N) is 1. The SMILES string of the molecule is COc1ccc(OC(=O)NC/C(=C(/N)c2ccc(OC3CCCCC3)c(C)n2)N(C)N)cc1. The van der Waals surface area contributed by atoms with Crippen molar-refractivity contribution in [3.8, 4) is 17.2 Å². The third-order valence-electron chi connectivity index (χ3n) is 5.57. The summed E-state index contributed by atoms with van der Waals surface area (Å²) in [6.07, 6.45) is 5.43. The molecule has 1 aliphatic carbocycles. The molecule has 1 aliphatic rings. The highest BCUT2D eigenvalue weighted by Gasteiger charge is 2.18. The molecule has 1 aromatic carbocycles. The zero-order valence-electron chi connectivity index (χ0n) is 19.5. The van der Waals surface area contributed by atoms with Crippen molar-refractivity contribution < 1.29 is 19.0 Å². The average Bonchev–Trinajstić information content (AvgIpc) is 2.81. The van der Waals surface area contributed by atoms with E-state index >= 15 is 0 Å². The van der Waals surface area contributed by atoms with E-state index in [1.807, 2.05) is 13.0 Å². The minimum atomic E-state index is -0.632. The van der Waals surface area contributed by atoms with E-state index in [0.29, 0.717) is 28.6 Å². The number of amides is 1. The van der Waals surface area contributed by atoms with Gasteiger partial charge < -0.3 is 30.3 Å². The van der Waals surface area contributed by atoms with Crippen LogP contribution in [0.25, 0.3) is 5.70 Å². The number of hydrogen-bond donors (Lipinski definition) is 3. The summed E-state index contributed by atoms with van der Waals surface area (Å²) in [6, 6.07) is 10.4. The van der Waals surface area contributed by atoms with Crippen LogP contribution in [0.3, 0.4) is 0 Å². The van der Waals surface area contributed by atoms with Gasteiger partial charge in [-0.1, -0.05) is 6.42 Å². The van der Waals surface area contributed by atoms with Gasteiger partial charge in [0.15, 0.2) is 0 Å². The Morgan fingerprint density at radius 1 is 1.12 bits per heavy atom. The molecule has 1 heterocycles. The standard InChI is InChI=1S/C24H33N5O4/c1-16-22(32-18-7-5-4-6-8-18)14-13-20(28-16)23(25)21(29(2)26)15-27-24(30)33-19-11-9-17(31-3)10-12-19/h9-14,18H,4-8,15,25-26H2,1-3H3,(H,27,30)/b23-21-. The van der Waals surface area contributed by atoms with E-state index in [9.17, 15) is 4.79 Å². The average molecular weight is 456 g/mol. The molecular formula is C24H33N5O4. The van der Waals surface area contributed by atoms with E-state index < -0.39 is 6.09 Å². The topological polar surface area (TPSA) is 125 Å². The molecule has 0 aliphatic heterocycles. The Morgan fingerprint density at radius 3 is 2.39 bits per heavy atom. The second kappa shape index (κ2) is 11.4. The highest BCUT2D eigenvalue weighted by Crippen LogP contribution is 2.26. The van der Waals surface area contributed by atoms with Gasteiger partial charge in [-0.3, -0.25) is 0 Å². The summed E-state index contributed by atoms with van der Waals surface area (Å²) in [5.41, 5.74) is 8.53. The van der Waals surface area contributed by atoms with Gasteiger partial charge in [0.25, 0.3) is 0 Å².